The molecule has 0 N–H and O–H groups in total. The summed E-state index contributed by atoms with van der Waals surface area (Å²) in [6, 6.07) is 1.18. The Bertz CT molecular complexity index is 254. The van der Waals surface area contributed by atoms with Crippen molar-refractivity contribution in [2.24, 2.45) is 0 Å². The zero-order valence-electron chi connectivity index (χ0n) is 11.4. The predicted molar refractivity (Wildman–Crippen MR) is 77.0 cm³/mol. The SMILES string of the molecule is C=C(C)C(=O)OCCSCCC[Si](C)(C)OC. The highest BCUT2D eigenvalue weighted by molar-refractivity contribution is 7.99. The summed E-state index contributed by atoms with van der Waals surface area (Å²) in [5, 5.41) is 0. The van der Waals surface area contributed by atoms with E-state index in [1.165, 1.54) is 12.5 Å². The van der Waals surface area contributed by atoms with Crippen LogP contribution < -0.4 is 0 Å². The minimum absolute atomic E-state index is 0.293. The summed E-state index contributed by atoms with van der Waals surface area (Å²) in [5.74, 6) is 1.66. The molecule has 0 amide bonds. The second-order valence-electron chi connectivity index (χ2n) is 4.60. The van der Waals surface area contributed by atoms with Gasteiger partial charge >= 0.3 is 5.97 Å². The first-order valence-corrected chi connectivity index (χ1v) is 10.1. The maximum Gasteiger partial charge on any atom is 0.333 e. The fraction of sp³-hybridized carbons (Fsp3) is 0.750. The largest absolute Gasteiger partial charge is 0.461 e. The van der Waals surface area contributed by atoms with Crippen molar-refractivity contribution < 1.29 is 14.0 Å². The van der Waals surface area contributed by atoms with Crippen molar-refractivity contribution >= 4 is 26.0 Å². The van der Waals surface area contributed by atoms with Gasteiger partial charge in [0.1, 0.15) is 6.61 Å². The van der Waals surface area contributed by atoms with Gasteiger partial charge in [0.25, 0.3) is 0 Å². The summed E-state index contributed by atoms with van der Waals surface area (Å²) >= 11 is 1.82. The van der Waals surface area contributed by atoms with Gasteiger partial charge in [0, 0.05) is 18.4 Å². The molecule has 0 spiro atoms. The molecule has 0 aliphatic heterocycles. The average molecular weight is 276 g/mol. The van der Waals surface area contributed by atoms with Gasteiger partial charge in [0.15, 0.2) is 8.32 Å². The Morgan fingerprint density at radius 2 is 2.00 bits per heavy atom. The first-order valence-electron chi connectivity index (χ1n) is 5.84. The Labute approximate surface area is 110 Å². The van der Waals surface area contributed by atoms with E-state index < -0.39 is 8.32 Å². The van der Waals surface area contributed by atoms with Crippen molar-refractivity contribution in [3.05, 3.63) is 12.2 Å². The van der Waals surface area contributed by atoms with Crippen LogP contribution in [0.1, 0.15) is 13.3 Å². The summed E-state index contributed by atoms with van der Waals surface area (Å²) < 4.78 is 10.5. The standard InChI is InChI=1S/C12H24O3SSi/c1-11(2)12(13)15-7-9-16-8-6-10-17(4,5)14-3/h1,6-10H2,2-5H3. The van der Waals surface area contributed by atoms with Crippen LogP contribution in [0.5, 0.6) is 0 Å². The Hall–Kier alpha value is -0.263. The number of ether oxygens (including phenoxy) is 1. The number of hydrogen-bond donors (Lipinski definition) is 0. The molecule has 100 valence electrons. The van der Waals surface area contributed by atoms with E-state index in [9.17, 15) is 4.79 Å². The number of thioether (sulfide) groups is 1. The molecule has 0 atom stereocenters. The smallest absolute Gasteiger partial charge is 0.333 e. The van der Waals surface area contributed by atoms with Crippen molar-refractivity contribution in [3.8, 4) is 0 Å². The molecule has 0 heterocycles. The minimum Gasteiger partial charge on any atom is -0.461 e. The molecule has 0 bridgehead atoms. The molecule has 0 saturated heterocycles. The molecule has 0 fully saturated rings. The van der Waals surface area contributed by atoms with Gasteiger partial charge in [-0.15, -0.1) is 0 Å². The van der Waals surface area contributed by atoms with Gasteiger partial charge in [-0.1, -0.05) is 6.58 Å². The van der Waals surface area contributed by atoms with Gasteiger partial charge in [-0.05, 0) is 38.2 Å². The third-order valence-electron chi connectivity index (χ3n) is 2.43. The third-order valence-corrected chi connectivity index (χ3v) is 6.12. The average Bonchev–Trinajstić information content (AvgIpc) is 2.27. The third kappa shape index (κ3) is 9.44. The van der Waals surface area contributed by atoms with E-state index in [4.69, 9.17) is 9.16 Å². The van der Waals surface area contributed by atoms with Crippen molar-refractivity contribution in [2.75, 3.05) is 25.2 Å². The van der Waals surface area contributed by atoms with Crippen LogP contribution in [0, 0.1) is 0 Å². The number of carbonyl (C=O) groups is 1. The van der Waals surface area contributed by atoms with Crippen LogP contribution in [-0.2, 0) is 14.0 Å². The maximum atomic E-state index is 11.1. The van der Waals surface area contributed by atoms with Gasteiger partial charge in [0.2, 0.25) is 0 Å². The van der Waals surface area contributed by atoms with Crippen LogP contribution in [0.3, 0.4) is 0 Å². The summed E-state index contributed by atoms with van der Waals surface area (Å²) in [6.45, 7) is 10.1. The van der Waals surface area contributed by atoms with Crippen LogP contribution in [0.2, 0.25) is 19.1 Å². The van der Waals surface area contributed by atoms with E-state index in [0.29, 0.717) is 12.2 Å². The highest BCUT2D eigenvalue weighted by Crippen LogP contribution is 2.15. The van der Waals surface area contributed by atoms with Crippen molar-refractivity contribution in [1.29, 1.82) is 0 Å². The summed E-state index contributed by atoms with van der Waals surface area (Å²) in [4.78, 5) is 11.1. The molecule has 17 heavy (non-hydrogen) atoms. The Balaban J connectivity index is 3.36. The first-order chi connectivity index (χ1) is 7.89. The summed E-state index contributed by atoms with van der Waals surface area (Å²) in [7, 11) is 0.413. The molecule has 0 unspecified atom stereocenters. The van der Waals surface area contributed by atoms with Crippen LogP contribution in [0.4, 0.5) is 0 Å². The van der Waals surface area contributed by atoms with Crippen LogP contribution in [0.15, 0.2) is 12.2 Å². The zero-order chi connectivity index (χ0) is 13.3. The number of esters is 1. The van der Waals surface area contributed by atoms with E-state index >= 15 is 0 Å². The minimum atomic E-state index is -1.39. The second kappa shape index (κ2) is 8.77. The lowest BCUT2D eigenvalue weighted by Crippen LogP contribution is -2.28. The Kier molecular flexibility index (Phi) is 8.64. The highest BCUT2D eigenvalue weighted by atomic mass is 32.2. The molecule has 5 heteroatoms. The van der Waals surface area contributed by atoms with E-state index in [-0.39, 0.29) is 5.97 Å². The van der Waals surface area contributed by atoms with E-state index in [1.807, 2.05) is 11.8 Å². The van der Waals surface area contributed by atoms with Crippen LogP contribution in [-0.4, -0.2) is 39.5 Å². The molecule has 3 nitrogen and oxygen atoms in total. The van der Waals surface area contributed by atoms with E-state index in [1.54, 1.807) is 14.0 Å². The first kappa shape index (κ1) is 16.7. The van der Waals surface area contributed by atoms with E-state index in [2.05, 4.69) is 19.7 Å². The molecule has 0 aliphatic carbocycles. The molecule has 0 aromatic rings. The quantitative estimate of drug-likeness (QED) is 0.281. The van der Waals surface area contributed by atoms with E-state index in [0.717, 1.165) is 11.5 Å². The highest BCUT2D eigenvalue weighted by Gasteiger charge is 2.19. The second-order valence-corrected chi connectivity index (χ2v) is 10.2. The van der Waals surface area contributed by atoms with Crippen molar-refractivity contribution in [3.63, 3.8) is 0 Å². The molecule has 0 radical (unpaired) electrons. The molecular weight excluding hydrogens is 252 g/mol. The normalized spacial score (nSPS) is 11.3. The monoisotopic (exact) mass is 276 g/mol. The number of carbonyl (C=O) groups excluding carboxylic acids is 1. The zero-order valence-corrected chi connectivity index (χ0v) is 13.2. The fourth-order valence-corrected chi connectivity index (χ4v) is 3.36. The van der Waals surface area contributed by atoms with Crippen molar-refractivity contribution in [1.82, 2.24) is 0 Å². The molecular formula is C12H24O3SSi. The van der Waals surface area contributed by atoms with Gasteiger partial charge in [-0.3, -0.25) is 0 Å². The lowest BCUT2D eigenvalue weighted by molar-refractivity contribution is -0.138. The molecule has 0 saturated carbocycles. The lowest BCUT2D eigenvalue weighted by Gasteiger charge is -2.19. The van der Waals surface area contributed by atoms with Crippen LogP contribution >= 0.6 is 11.8 Å². The summed E-state index contributed by atoms with van der Waals surface area (Å²) in [6.07, 6.45) is 1.17. The molecule has 0 aliphatic rings. The molecule has 0 rings (SSSR count). The van der Waals surface area contributed by atoms with Gasteiger partial charge in [-0.25, -0.2) is 4.79 Å². The topological polar surface area (TPSA) is 35.5 Å². The van der Waals surface area contributed by atoms with Gasteiger partial charge in [-0.2, -0.15) is 11.8 Å². The number of rotatable bonds is 9. The van der Waals surface area contributed by atoms with Crippen molar-refractivity contribution in [2.45, 2.75) is 32.5 Å². The van der Waals surface area contributed by atoms with Gasteiger partial charge in [0.05, 0.1) is 0 Å². The Morgan fingerprint density at radius 3 is 2.53 bits per heavy atom. The van der Waals surface area contributed by atoms with Crippen LogP contribution in [0.25, 0.3) is 0 Å². The maximum absolute atomic E-state index is 11.1. The Morgan fingerprint density at radius 1 is 1.35 bits per heavy atom. The lowest BCUT2D eigenvalue weighted by atomic mass is 10.4. The molecule has 0 aromatic carbocycles. The van der Waals surface area contributed by atoms with Gasteiger partial charge < -0.3 is 9.16 Å². The summed E-state index contributed by atoms with van der Waals surface area (Å²) in [5.41, 5.74) is 0.461. The number of hydrogen-bond acceptors (Lipinski definition) is 4. The fourth-order valence-electron chi connectivity index (χ4n) is 1.12. The predicted octanol–water partition coefficient (Wildman–Crippen LogP) is 3.08. The molecule has 0 aromatic heterocycles.